The number of epoxide rings is 1. The second kappa shape index (κ2) is 15.6. The van der Waals surface area contributed by atoms with E-state index in [9.17, 15) is 19.5 Å². The molecule has 0 radical (unpaired) electrons. The van der Waals surface area contributed by atoms with E-state index in [0.717, 1.165) is 31.3 Å². The first-order chi connectivity index (χ1) is 19.1. The van der Waals surface area contributed by atoms with Gasteiger partial charge in [0, 0.05) is 30.6 Å². The minimum Gasteiger partial charge on any atom is -0.462 e. The molecule has 1 N–H and O–H groups in total. The topological polar surface area (TPSA) is 112 Å². The Balaban J connectivity index is 2.10. The number of carbonyl (C=O) groups is 3. The van der Waals surface area contributed by atoms with Gasteiger partial charge in [-0.1, -0.05) is 72.8 Å². The fourth-order valence-electron chi connectivity index (χ4n) is 5.63. The highest BCUT2D eigenvalue weighted by Gasteiger charge is 2.46. The summed E-state index contributed by atoms with van der Waals surface area (Å²) in [7, 11) is 0. The highest BCUT2D eigenvalue weighted by molar-refractivity contribution is 5.70. The van der Waals surface area contributed by atoms with E-state index in [1.54, 1.807) is 6.08 Å². The second-order valence-corrected chi connectivity index (χ2v) is 12.9. The average molecular weight is 577 g/mol. The highest BCUT2D eigenvalue weighted by atomic mass is 16.7. The summed E-state index contributed by atoms with van der Waals surface area (Å²) in [6, 6.07) is 0. The molecule has 0 amide bonds. The molecule has 8 heteroatoms. The van der Waals surface area contributed by atoms with Crippen LogP contribution < -0.4 is 0 Å². The lowest BCUT2D eigenvalue weighted by atomic mass is 9.78. The van der Waals surface area contributed by atoms with Crippen molar-refractivity contribution in [3.05, 3.63) is 36.0 Å². The Bertz CT molecular complexity index is 980. The van der Waals surface area contributed by atoms with Crippen molar-refractivity contribution in [1.82, 2.24) is 0 Å². The molecule has 0 aliphatic carbocycles. The third-order valence-corrected chi connectivity index (χ3v) is 8.42. The molecule has 0 spiro atoms. The second-order valence-electron chi connectivity index (χ2n) is 12.9. The summed E-state index contributed by atoms with van der Waals surface area (Å²) in [5.74, 6) is -0.154. The number of allylic oxidation sites excluding steroid dienone is 3. The summed E-state index contributed by atoms with van der Waals surface area (Å²) < 4.78 is 22.6. The summed E-state index contributed by atoms with van der Waals surface area (Å²) in [6.45, 7) is 17.6. The number of carbonyl (C=O) groups excluding carboxylic acids is 2. The molecule has 232 valence electrons. The number of hydrogen-bond donors (Lipinski definition) is 1. The lowest BCUT2D eigenvalue weighted by Crippen LogP contribution is -2.34. The predicted molar refractivity (Wildman–Crippen MR) is 158 cm³/mol. The van der Waals surface area contributed by atoms with E-state index >= 15 is 0 Å². The monoisotopic (exact) mass is 576 g/mol. The molecule has 8 nitrogen and oxygen atoms in total. The van der Waals surface area contributed by atoms with Crippen molar-refractivity contribution in [1.29, 1.82) is 0 Å². The van der Waals surface area contributed by atoms with Crippen LogP contribution in [0.1, 0.15) is 94.4 Å². The molecule has 9 atom stereocenters. The van der Waals surface area contributed by atoms with Gasteiger partial charge in [0.15, 0.2) is 0 Å². The zero-order valence-corrected chi connectivity index (χ0v) is 26.4. The number of ether oxygens (including phenoxy) is 4. The molecule has 0 bridgehead atoms. The molecule has 2 heterocycles. The number of cyclic esters (lactones) is 1. The summed E-state index contributed by atoms with van der Waals surface area (Å²) in [5, 5.41) is 9.32. The maximum absolute atomic E-state index is 12.8. The van der Waals surface area contributed by atoms with Gasteiger partial charge in [0.1, 0.15) is 18.3 Å². The van der Waals surface area contributed by atoms with Crippen LogP contribution in [0.15, 0.2) is 36.0 Å². The van der Waals surface area contributed by atoms with Crippen LogP contribution in [0.4, 0.5) is 4.79 Å². The van der Waals surface area contributed by atoms with Gasteiger partial charge in [0.2, 0.25) is 0 Å². The van der Waals surface area contributed by atoms with E-state index in [1.165, 1.54) is 6.92 Å². The molecule has 1 saturated heterocycles. The van der Waals surface area contributed by atoms with Crippen LogP contribution >= 0.6 is 0 Å². The van der Waals surface area contributed by atoms with E-state index in [0.29, 0.717) is 6.42 Å². The van der Waals surface area contributed by atoms with Crippen LogP contribution in [-0.4, -0.2) is 53.7 Å². The Labute approximate surface area is 246 Å². The first-order valence-corrected chi connectivity index (χ1v) is 15.1. The highest BCUT2D eigenvalue weighted by Crippen LogP contribution is 2.37. The van der Waals surface area contributed by atoms with E-state index in [4.69, 9.17) is 18.9 Å². The number of carboxylic acid groups (broad SMARTS) is 1. The van der Waals surface area contributed by atoms with Gasteiger partial charge in [0.25, 0.3) is 0 Å². The molecule has 0 aromatic heterocycles. The van der Waals surface area contributed by atoms with E-state index < -0.39 is 23.8 Å². The molecule has 2 aliphatic heterocycles. The maximum atomic E-state index is 12.8. The van der Waals surface area contributed by atoms with Gasteiger partial charge in [-0.15, -0.1) is 0 Å². The Morgan fingerprint density at radius 2 is 1.88 bits per heavy atom. The first kappa shape index (κ1) is 34.6. The summed E-state index contributed by atoms with van der Waals surface area (Å²) >= 11 is 0. The minimum atomic E-state index is -1.30. The first-order valence-electron chi connectivity index (χ1n) is 15.1. The normalized spacial score (nSPS) is 32.0. The Hall–Kier alpha value is -2.61. The molecular weight excluding hydrogens is 524 g/mol. The lowest BCUT2D eigenvalue weighted by Gasteiger charge is -2.33. The third kappa shape index (κ3) is 11.3. The zero-order valence-electron chi connectivity index (χ0n) is 26.4. The van der Waals surface area contributed by atoms with Gasteiger partial charge < -0.3 is 24.1 Å². The van der Waals surface area contributed by atoms with Gasteiger partial charge >= 0.3 is 18.1 Å². The molecule has 41 heavy (non-hydrogen) atoms. The molecule has 2 rings (SSSR count). The quantitative estimate of drug-likeness (QED) is 0.0950. The van der Waals surface area contributed by atoms with Gasteiger partial charge in [-0.05, 0) is 56.1 Å². The predicted octanol–water partition coefficient (Wildman–Crippen LogP) is 7.27. The fraction of sp³-hybridized carbons (Fsp3) is 0.727. The Morgan fingerprint density at radius 1 is 1.20 bits per heavy atom. The number of esters is 2. The zero-order chi connectivity index (χ0) is 30.9. The van der Waals surface area contributed by atoms with Gasteiger partial charge in [-0.2, -0.15) is 0 Å². The van der Waals surface area contributed by atoms with Crippen molar-refractivity contribution in [2.45, 2.75) is 125 Å². The van der Waals surface area contributed by atoms with Crippen LogP contribution in [0.2, 0.25) is 0 Å². The fourth-order valence-corrected chi connectivity index (χ4v) is 5.63. The van der Waals surface area contributed by atoms with Crippen molar-refractivity contribution in [2.75, 3.05) is 0 Å². The van der Waals surface area contributed by atoms with Crippen molar-refractivity contribution in [2.24, 2.45) is 29.1 Å². The van der Waals surface area contributed by atoms with Crippen molar-refractivity contribution < 1.29 is 38.4 Å². The summed E-state index contributed by atoms with van der Waals surface area (Å²) in [6.07, 6.45) is 10.9. The van der Waals surface area contributed by atoms with E-state index in [1.807, 2.05) is 59.8 Å². The van der Waals surface area contributed by atoms with Crippen molar-refractivity contribution >= 4 is 18.1 Å². The molecule has 9 unspecified atom stereocenters. The minimum absolute atomic E-state index is 0.0944. The van der Waals surface area contributed by atoms with Crippen LogP contribution in [-0.2, 0) is 28.5 Å². The summed E-state index contributed by atoms with van der Waals surface area (Å²) in [5.41, 5.74) is 0.491. The van der Waals surface area contributed by atoms with Crippen molar-refractivity contribution in [3.8, 4) is 0 Å². The molecule has 1 fully saturated rings. The molecule has 2 aliphatic rings. The van der Waals surface area contributed by atoms with Gasteiger partial charge in [-0.25, -0.2) is 4.79 Å². The van der Waals surface area contributed by atoms with Crippen LogP contribution in [0.3, 0.4) is 0 Å². The van der Waals surface area contributed by atoms with E-state index in [2.05, 4.69) is 19.9 Å². The van der Waals surface area contributed by atoms with E-state index in [-0.39, 0.29) is 53.9 Å². The Morgan fingerprint density at radius 3 is 2.49 bits per heavy atom. The average Bonchev–Trinajstić information content (AvgIpc) is 3.64. The summed E-state index contributed by atoms with van der Waals surface area (Å²) in [4.78, 5) is 35.6. The van der Waals surface area contributed by atoms with Gasteiger partial charge in [0.05, 0.1) is 12.2 Å². The smallest absolute Gasteiger partial charge is 0.462 e. The standard InChI is InChI=1S/C33H52O8/c1-10-26(38-25(7)34)24(6)31-27(39-31)18-20(2)12-11-13-22(4)30-23(5)14-15-28(40-32(36)37)33(8,9)17-16-21(3)19-29(35)41-30/h11-15,20-21,23-24,26-28,30-31H,10,16-19H2,1-9H3,(H,36,37)/b12-11+,15-14+,22-13+. The van der Waals surface area contributed by atoms with Crippen LogP contribution in [0.25, 0.3) is 0 Å². The lowest BCUT2D eigenvalue weighted by molar-refractivity contribution is -0.150. The third-order valence-electron chi connectivity index (χ3n) is 8.42. The number of hydrogen-bond acceptors (Lipinski definition) is 7. The largest absolute Gasteiger partial charge is 0.506 e. The molecule has 0 aromatic carbocycles. The van der Waals surface area contributed by atoms with Crippen LogP contribution in [0.5, 0.6) is 0 Å². The Kier molecular flexibility index (Phi) is 13.1. The molecular formula is C33H52O8. The van der Waals surface area contributed by atoms with Gasteiger partial charge in [-0.3, -0.25) is 9.59 Å². The molecule has 0 saturated carbocycles. The SMILES string of the molecule is CCC(OC(C)=O)C(C)C1OC1CC(C)/C=C/C=C(\C)C1OC(=O)CC(C)CCC(C)(C)C(OC(=O)O)/C=C/C1C. The van der Waals surface area contributed by atoms with Crippen molar-refractivity contribution in [3.63, 3.8) is 0 Å². The maximum Gasteiger partial charge on any atom is 0.506 e. The molecule has 0 aromatic rings. The number of rotatable bonds is 10. The van der Waals surface area contributed by atoms with Crippen LogP contribution in [0, 0.1) is 29.1 Å².